The van der Waals surface area contributed by atoms with Crippen LogP contribution in [0, 0.1) is 0 Å². The smallest absolute Gasteiger partial charge is 0.123 e. The lowest BCUT2D eigenvalue weighted by Gasteiger charge is -2.09. The minimum absolute atomic E-state index is 0.732. The van der Waals surface area contributed by atoms with Gasteiger partial charge in [0.05, 0.1) is 12.8 Å². The van der Waals surface area contributed by atoms with Gasteiger partial charge in [-0.1, -0.05) is 18.2 Å². The highest BCUT2D eigenvalue weighted by Crippen LogP contribution is 2.18. The van der Waals surface area contributed by atoms with E-state index in [2.05, 4.69) is 10.3 Å². The third-order valence-corrected chi connectivity index (χ3v) is 2.34. The molecule has 16 heavy (non-hydrogen) atoms. The molecule has 1 aromatic carbocycles. The van der Waals surface area contributed by atoms with Gasteiger partial charge in [0.1, 0.15) is 5.75 Å². The van der Waals surface area contributed by atoms with Crippen molar-refractivity contribution in [2.75, 3.05) is 12.4 Å². The number of methoxy groups -OCH3 is 1. The molecule has 0 spiro atoms. The second kappa shape index (κ2) is 5.16. The Morgan fingerprint density at radius 1 is 1.19 bits per heavy atom. The fourth-order valence-corrected chi connectivity index (χ4v) is 1.51. The van der Waals surface area contributed by atoms with Crippen molar-refractivity contribution in [3.8, 4) is 5.75 Å². The number of benzene rings is 1. The van der Waals surface area contributed by atoms with Crippen molar-refractivity contribution >= 4 is 5.69 Å². The summed E-state index contributed by atoms with van der Waals surface area (Å²) in [4.78, 5) is 4.05. The van der Waals surface area contributed by atoms with Crippen molar-refractivity contribution in [2.45, 2.75) is 6.54 Å². The molecule has 2 rings (SSSR count). The second-order valence-corrected chi connectivity index (χ2v) is 3.41. The Bertz CT molecular complexity index is 443. The summed E-state index contributed by atoms with van der Waals surface area (Å²) in [5.41, 5.74) is 2.14. The van der Waals surface area contributed by atoms with Crippen LogP contribution in [0.5, 0.6) is 5.75 Å². The number of para-hydroxylation sites is 1. The van der Waals surface area contributed by atoms with Gasteiger partial charge in [0, 0.05) is 24.5 Å². The normalized spacial score (nSPS) is 9.81. The fraction of sp³-hybridized carbons (Fsp3) is 0.154. The van der Waals surface area contributed by atoms with Gasteiger partial charge in [-0.3, -0.25) is 4.98 Å². The summed E-state index contributed by atoms with van der Waals surface area (Å²) in [5.74, 6) is 0.902. The van der Waals surface area contributed by atoms with E-state index < -0.39 is 0 Å². The third kappa shape index (κ3) is 2.51. The molecule has 0 fully saturated rings. The van der Waals surface area contributed by atoms with Gasteiger partial charge < -0.3 is 10.1 Å². The predicted octanol–water partition coefficient (Wildman–Crippen LogP) is 2.70. The van der Waals surface area contributed by atoms with Gasteiger partial charge in [-0.25, -0.2) is 0 Å². The molecule has 0 aliphatic carbocycles. The summed E-state index contributed by atoms with van der Waals surface area (Å²) in [6, 6.07) is 11.9. The van der Waals surface area contributed by atoms with Crippen LogP contribution in [0.2, 0.25) is 0 Å². The molecule has 2 aromatic rings. The number of hydrogen-bond donors (Lipinski definition) is 1. The molecule has 1 N–H and O–H groups in total. The molecule has 0 amide bonds. The zero-order valence-corrected chi connectivity index (χ0v) is 9.18. The van der Waals surface area contributed by atoms with Gasteiger partial charge in [-0.05, 0) is 18.2 Å². The minimum atomic E-state index is 0.732. The molecule has 0 aliphatic heterocycles. The summed E-state index contributed by atoms with van der Waals surface area (Å²) >= 11 is 0. The van der Waals surface area contributed by atoms with E-state index in [-0.39, 0.29) is 0 Å². The van der Waals surface area contributed by atoms with Crippen LogP contribution in [0.3, 0.4) is 0 Å². The molecule has 82 valence electrons. The molecular weight excluding hydrogens is 200 g/mol. The molecule has 0 saturated carbocycles. The number of pyridine rings is 1. The van der Waals surface area contributed by atoms with Crippen molar-refractivity contribution in [2.24, 2.45) is 0 Å². The third-order valence-electron chi connectivity index (χ3n) is 2.34. The summed E-state index contributed by atoms with van der Waals surface area (Å²) in [6.07, 6.45) is 3.56. The molecule has 0 radical (unpaired) electrons. The lowest BCUT2D eigenvalue weighted by Crippen LogP contribution is -2.01. The second-order valence-electron chi connectivity index (χ2n) is 3.41. The van der Waals surface area contributed by atoms with Crippen LogP contribution in [0.4, 0.5) is 5.69 Å². The Labute approximate surface area is 95.1 Å². The highest BCUT2D eigenvalue weighted by molar-refractivity contribution is 5.43. The molecule has 0 atom stereocenters. The number of ether oxygens (including phenoxy) is 1. The molecule has 0 aliphatic rings. The largest absolute Gasteiger partial charge is 0.496 e. The van der Waals surface area contributed by atoms with Crippen molar-refractivity contribution < 1.29 is 4.74 Å². The Hall–Kier alpha value is -2.03. The number of anilines is 1. The van der Waals surface area contributed by atoms with Crippen LogP contribution in [-0.2, 0) is 6.54 Å². The molecule has 3 nitrogen and oxygen atoms in total. The first-order chi connectivity index (χ1) is 7.90. The average molecular weight is 214 g/mol. The number of hydrogen-bond acceptors (Lipinski definition) is 3. The molecule has 0 unspecified atom stereocenters. The lowest BCUT2D eigenvalue weighted by molar-refractivity contribution is 0.410. The summed E-state index contributed by atoms with van der Waals surface area (Å²) in [6.45, 7) is 0.732. The summed E-state index contributed by atoms with van der Waals surface area (Å²) < 4.78 is 5.28. The van der Waals surface area contributed by atoms with Gasteiger partial charge in [-0.15, -0.1) is 0 Å². The van der Waals surface area contributed by atoms with Crippen molar-refractivity contribution in [1.29, 1.82) is 0 Å². The van der Waals surface area contributed by atoms with E-state index in [9.17, 15) is 0 Å². The highest BCUT2D eigenvalue weighted by atomic mass is 16.5. The molecule has 3 heteroatoms. The van der Waals surface area contributed by atoms with Crippen LogP contribution in [0.25, 0.3) is 0 Å². The number of rotatable bonds is 4. The SMILES string of the molecule is COc1ccccc1CNc1cccnc1. The summed E-state index contributed by atoms with van der Waals surface area (Å²) in [7, 11) is 1.68. The zero-order valence-electron chi connectivity index (χ0n) is 9.18. The standard InChI is InChI=1S/C13H14N2O/c1-16-13-7-3-2-5-11(13)9-15-12-6-4-8-14-10-12/h2-8,10,15H,9H2,1H3. The summed E-state index contributed by atoms with van der Waals surface area (Å²) in [5, 5.41) is 3.29. The fourth-order valence-electron chi connectivity index (χ4n) is 1.51. The molecule has 1 heterocycles. The van der Waals surface area contributed by atoms with Crippen LogP contribution in [0.1, 0.15) is 5.56 Å². The maximum atomic E-state index is 5.28. The Morgan fingerprint density at radius 3 is 2.81 bits per heavy atom. The van der Waals surface area contributed by atoms with E-state index >= 15 is 0 Å². The van der Waals surface area contributed by atoms with Gasteiger partial charge in [-0.2, -0.15) is 0 Å². The molecule has 0 bridgehead atoms. The van der Waals surface area contributed by atoms with E-state index in [0.717, 1.165) is 23.5 Å². The average Bonchev–Trinajstić information content (AvgIpc) is 2.38. The van der Waals surface area contributed by atoms with E-state index in [4.69, 9.17) is 4.74 Å². The number of aromatic nitrogens is 1. The lowest BCUT2D eigenvalue weighted by atomic mass is 10.2. The Kier molecular flexibility index (Phi) is 3.38. The van der Waals surface area contributed by atoms with Crippen LogP contribution in [-0.4, -0.2) is 12.1 Å². The maximum absolute atomic E-state index is 5.28. The highest BCUT2D eigenvalue weighted by Gasteiger charge is 2.00. The molecular formula is C13H14N2O. The van der Waals surface area contributed by atoms with Crippen molar-refractivity contribution in [3.05, 3.63) is 54.4 Å². The van der Waals surface area contributed by atoms with Crippen molar-refractivity contribution in [1.82, 2.24) is 4.98 Å². The maximum Gasteiger partial charge on any atom is 0.123 e. The van der Waals surface area contributed by atoms with Crippen molar-refractivity contribution in [3.63, 3.8) is 0 Å². The van der Waals surface area contributed by atoms with Gasteiger partial charge in [0.25, 0.3) is 0 Å². The first-order valence-corrected chi connectivity index (χ1v) is 5.16. The van der Waals surface area contributed by atoms with Crippen LogP contribution in [0.15, 0.2) is 48.8 Å². The minimum Gasteiger partial charge on any atom is -0.496 e. The Balaban J connectivity index is 2.05. The van der Waals surface area contributed by atoms with Crippen LogP contribution >= 0.6 is 0 Å². The predicted molar refractivity (Wildman–Crippen MR) is 64.6 cm³/mol. The Morgan fingerprint density at radius 2 is 2.06 bits per heavy atom. The van der Waals surface area contributed by atoms with E-state index in [0.29, 0.717) is 0 Å². The van der Waals surface area contributed by atoms with Gasteiger partial charge in [0.15, 0.2) is 0 Å². The quantitative estimate of drug-likeness (QED) is 0.849. The molecule has 1 aromatic heterocycles. The van der Waals surface area contributed by atoms with E-state index in [1.807, 2.05) is 36.4 Å². The van der Waals surface area contributed by atoms with Crippen LogP contribution < -0.4 is 10.1 Å². The zero-order chi connectivity index (χ0) is 11.2. The number of nitrogens with zero attached hydrogens (tertiary/aromatic N) is 1. The topological polar surface area (TPSA) is 34.1 Å². The van der Waals surface area contributed by atoms with E-state index in [1.165, 1.54) is 0 Å². The van der Waals surface area contributed by atoms with E-state index in [1.54, 1.807) is 19.5 Å². The molecule has 0 saturated heterocycles. The first kappa shape index (κ1) is 10.5. The van der Waals surface area contributed by atoms with Gasteiger partial charge >= 0.3 is 0 Å². The monoisotopic (exact) mass is 214 g/mol. The van der Waals surface area contributed by atoms with Gasteiger partial charge in [0.2, 0.25) is 0 Å². The first-order valence-electron chi connectivity index (χ1n) is 5.16. The number of nitrogens with one attached hydrogen (secondary N) is 1.